The number of ether oxygens (including phenoxy) is 4. The van der Waals surface area contributed by atoms with Gasteiger partial charge in [-0.1, -0.05) is 12.1 Å². The van der Waals surface area contributed by atoms with Crippen LogP contribution in [0, 0.1) is 13.8 Å². The molecular formula is C20H22O6. The van der Waals surface area contributed by atoms with Crippen molar-refractivity contribution in [1.82, 2.24) is 0 Å². The standard InChI is InChI=1S/C20H22O6/c1-13-5-7-15(23-3)17(11-13)25-19(21)9-10-20(22)26-18-12-14(2)6-8-16(18)24-4/h5-8,11-12H,9-10H2,1-4H3. The molecule has 0 N–H and O–H groups in total. The van der Waals surface area contributed by atoms with Crippen molar-refractivity contribution in [2.75, 3.05) is 14.2 Å². The fraction of sp³-hybridized carbons (Fsp3) is 0.300. The van der Waals surface area contributed by atoms with Gasteiger partial charge in [-0.25, -0.2) is 0 Å². The molecule has 0 aromatic heterocycles. The number of esters is 2. The lowest BCUT2D eigenvalue weighted by molar-refractivity contribution is -0.140. The second-order valence-corrected chi connectivity index (χ2v) is 5.76. The normalized spacial score (nSPS) is 10.2. The maximum Gasteiger partial charge on any atom is 0.311 e. The van der Waals surface area contributed by atoms with Crippen LogP contribution in [0.1, 0.15) is 24.0 Å². The van der Waals surface area contributed by atoms with E-state index in [4.69, 9.17) is 18.9 Å². The third-order valence-electron chi connectivity index (χ3n) is 3.62. The molecule has 26 heavy (non-hydrogen) atoms. The van der Waals surface area contributed by atoms with Gasteiger partial charge in [0, 0.05) is 0 Å². The number of methoxy groups -OCH3 is 2. The van der Waals surface area contributed by atoms with E-state index < -0.39 is 11.9 Å². The predicted octanol–water partition coefficient (Wildman–Crippen LogP) is 3.61. The molecule has 2 aromatic carbocycles. The van der Waals surface area contributed by atoms with Crippen molar-refractivity contribution in [1.29, 1.82) is 0 Å². The highest BCUT2D eigenvalue weighted by Gasteiger charge is 2.15. The Morgan fingerprint density at radius 3 is 1.42 bits per heavy atom. The third-order valence-corrected chi connectivity index (χ3v) is 3.62. The van der Waals surface area contributed by atoms with E-state index in [-0.39, 0.29) is 12.8 Å². The molecule has 0 spiro atoms. The maximum atomic E-state index is 12.0. The zero-order valence-electron chi connectivity index (χ0n) is 15.3. The summed E-state index contributed by atoms with van der Waals surface area (Å²) in [5, 5.41) is 0. The predicted molar refractivity (Wildman–Crippen MR) is 96.0 cm³/mol. The summed E-state index contributed by atoms with van der Waals surface area (Å²) in [6.45, 7) is 3.76. The first-order chi connectivity index (χ1) is 12.4. The largest absolute Gasteiger partial charge is 0.493 e. The van der Waals surface area contributed by atoms with E-state index in [9.17, 15) is 9.59 Å². The minimum atomic E-state index is -0.540. The van der Waals surface area contributed by atoms with Crippen molar-refractivity contribution in [2.45, 2.75) is 26.7 Å². The highest BCUT2D eigenvalue weighted by molar-refractivity contribution is 5.80. The van der Waals surface area contributed by atoms with Crippen LogP contribution in [0.5, 0.6) is 23.0 Å². The quantitative estimate of drug-likeness (QED) is 0.556. The molecule has 0 aliphatic heterocycles. The smallest absolute Gasteiger partial charge is 0.311 e. The van der Waals surface area contributed by atoms with Gasteiger partial charge in [0.05, 0.1) is 27.1 Å². The number of carbonyl (C=O) groups is 2. The molecule has 0 fully saturated rings. The molecule has 0 bridgehead atoms. The second kappa shape index (κ2) is 8.89. The lowest BCUT2D eigenvalue weighted by atomic mass is 10.2. The van der Waals surface area contributed by atoms with Gasteiger partial charge in [-0.15, -0.1) is 0 Å². The topological polar surface area (TPSA) is 71.1 Å². The fourth-order valence-electron chi connectivity index (χ4n) is 2.28. The molecule has 0 atom stereocenters. The average molecular weight is 358 g/mol. The van der Waals surface area contributed by atoms with Crippen LogP contribution in [0.15, 0.2) is 36.4 Å². The Bertz CT molecular complexity index is 729. The van der Waals surface area contributed by atoms with Crippen LogP contribution in [0.4, 0.5) is 0 Å². The fourth-order valence-corrected chi connectivity index (χ4v) is 2.28. The maximum absolute atomic E-state index is 12.0. The SMILES string of the molecule is COc1ccc(C)cc1OC(=O)CCC(=O)Oc1cc(C)ccc1OC. The van der Waals surface area contributed by atoms with Crippen LogP contribution < -0.4 is 18.9 Å². The summed E-state index contributed by atoms with van der Waals surface area (Å²) >= 11 is 0. The summed E-state index contributed by atoms with van der Waals surface area (Å²) in [5.74, 6) is 0.480. The summed E-state index contributed by atoms with van der Waals surface area (Å²) in [7, 11) is 2.99. The minimum Gasteiger partial charge on any atom is -0.493 e. The molecule has 0 aliphatic carbocycles. The van der Waals surface area contributed by atoms with Crippen LogP contribution in [0.25, 0.3) is 0 Å². The Kier molecular flexibility index (Phi) is 6.60. The Balaban J connectivity index is 1.92. The summed E-state index contributed by atoms with van der Waals surface area (Å²) < 4.78 is 20.9. The zero-order valence-corrected chi connectivity index (χ0v) is 15.3. The highest BCUT2D eigenvalue weighted by atomic mass is 16.6. The van der Waals surface area contributed by atoms with E-state index in [1.807, 2.05) is 26.0 Å². The number of benzene rings is 2. The number of aryl methyl sites for hydroxylation is 2. The molecule has 0 unspecified atom stereocenters. The van der Waals surface area contributed by atoms with E-state index >= 15 is 0 Å². The number of hydrogen-bond donors (Lipinski definition) is 0. The van der Waals surface area contributed by atoms with Gasteiger partial charge < -0.3 is 18.9 Å². The van der Waals surface area contributed by atoms with Crippen LogP contribution in [0.2, 0.25) is 0 Å². The van der Waals surface area contributed by atoms with Gasteiger partial charge >= 0.3 is 11.9 Å². The van der Waals surface area contributed by atoms with Crippen molar-refractivity contribution in [3.63, 3.8) is 0 Å². The van der Waals surface area contributed by atoms with Crippen molar-refractivity contribution >= 4 is 11.9 Å². The van der Waals surface area contributed by atoms with Crippen LogP contribution in [0.3, 0.4) is 0 Å². The van der Waals surface area contributed by atoms with Crippen LogP contribution in [-0.2, 0) is 9.59 Å². The highest BCUT2D eigenvalue weighted by Crippen LogP contribution is 2.29. The zero-order chi connectivity index (χ0) is 19.1. The number of rotatable bonds is 7. The van der Waals surface area contributed by atoms with Crippen LogP contribution in [-0.4, -0.2) is 26.2 Å². The van der Waals surface area contributed by atoms with Gasteiger partial charge in [0.25, 0.3) is 0 Å². The van der Waals surface area contributed by atoms with Crippen molar-refractivity contribution in [3.8, 4) is 23.0 Å². The molecule has 2 rings (SSSR count). The molecule has 0 radical (unpaired) electrons. The summed E-state index contributed by atoms with van der Waals surface area (Å²) in [6, 6.07) is 10.5. The van der Waals surface area contributed by atoms with Gasteiger partial charge in [0.2, 0.25) is 0 Å². The Hall–Kier alpha value is -3.02. The monoisotopic (exact) mass is 358 g/mol. The lowest BCUT2D eigenvalue weighted by Gasteiger charge is -2.11. The molecule has 138 valence electrons. The third kappa shape index (κ3) is 5.24. The van der Waals surface area contributed by atoms with Gasteiger partial charge in [-0.2, -0.15) is 0 Å². The van der Waals surface area contributed by atoms with Gasteiger partial charge in [-0.05, 0) is 49.2 Å². The second-order valence-electron chi connectivity index (χ2n) is 5.76. The molecule has 0 saturated heterocycles. The first-order valence-electron chi connectivity index (χ1n) is 8.13. The minimum absolute atomic E-state index is 0.107. The molecule has 0 amide bonds. The molecule has 2 aromatic rings. The van der Waals surface area contributed by atoms with E-state index in [1.165, 1.54) is 14.2 Å². The average Bonchev–Trinajstić information content (AvgIpc) is 2.60. The van der Waals surface area contributed by atoms with Gasteiger partial charge in [0.1, 0.15) is 0 Å². The van der Waals surface area contributed by atoms with Crippen molar-refractivity contribution < 1.29 is 28.5 Å². The lowest BCUT2D eigenvalue weighted by Crippen LogP contribution is -2.14. The van der Waals surface area contributed by atoms with Gasteiger partial charge in [0.15, 0.2) is 23.0 Å². The molecule has 6 heteroatoms. The molecule has 0 aliphatic rings. The Morgan fingerprint density at radius 2 is 1.08 bits per heavy atom. The first-order valence-corrected chi connectivity index (χ1v) is 8.13. The number of carbonyl (C=O) groups excluding carboxylic acids is 2. The Morgan fingerprint density at radius 1 is 0.692 bits per heavy atom. The number of hydrogen-bond acceptors (Lipinski definition) is 6. The molecule has 0 heterocycles. The summed E-state index contributed by atoms with van der Waals surface area (Å²) in [4.78, 5) is 24.0. The summed E-state index contributed by atoms with van der Waals surface area (Å²) in [5.41, 5.74) is 1.86. The summed E-state index contributed by atoms with van der Waals surface area (Å²) in [6.07, 6.45) is -0.214. The van der Waals surface area contributed by atoms with Crippen molar-refractivity contribution in [2.24, 2.45) is 0 Å². The van der Waals surface area contributed by atoms with Crippen molar-refractivity contribution in [3.05, 3.63) is 47.5 Å². The molecular weight excluding hydrogens is 336 g/mol. The van der Waals surface area contributed by atoms with E-state index in [2.05, 4.69) is 0 Å². The van der Waals surface area contributed by atoms with E-state index in [0.29, 0.717) is 23.0 Å². The first kappa shape index (κ1) is 19.3. The molecule has 6 nitrogen and oxygen atoms in total. The van der Waals surface area contributed by atoms with E-state index in [0.717, 1.165) is 11.1 Å². The van der Waals surface area contributed by atoms with Crippen LogP contribution >= 0.6 is 0 Å². The molecule has 0 saturated carbocycles. The van der Waals surface area contributed by atoms with Gasteiger partial charge in [-0.3, -0.25) is 9.59 Å². The van der Waals surface area contributed by atoms with E-state index in [1.54, 1.807) is 24.3 Å². The Labute approximate surface area is 152 Å².